The third-order valence-corrected chi connectivity index (χ3v) is 3.35. The molecular formula is C13H27NO2S. The van der Waals surface area contributed by atoms with Gasteiger partial charge in [-0.2, -0.15) is 11.8 Å². The monoisotopic (exact) mass is 261 g/mol. The average molecular weight is 261 g/mol. The van der Waals surface area contributed by atoms with Crippen molar-refractivity contribution in [2.24, 2.45) is 0 Å². The van der Waals surface area contributed by atoms with Gasteiger partial charge in [0.25, 0.3) is 0 Å². The third-order valence-electron chi connectivity index (χ3n) is 2.05. The molecule has 1 unspecified atom stereocenters. The van der Waals surface area contributed by atoms with E-state index in [9.17, 15) is 4.79 Å². The summed E-state index contributed by atoms with van der Waals surface area (Å²) in [7, 11) is 0. The van der Waals surface area contributed by atoms with Crippen LogP contribution >= 0.6 is 11.8 Å². The Morgan fingerprint density at radius 3 is 2.35 bits per heavy atom. The molecule has 0 rings (SSSR count). The van der Waals surface area contributed by atoms with Crippen LogP contribution in [0.4, 0.5) is 0 Å². The van der Waals surface area contributed by atoms with Crippen molar-refractivity contribution in [3.05, 3.63) is 0 Å². The Morgan fingerprint density at radius 1 is 1.35 bits per heavy atom. The number of ether oxygens (including phenoxy) is 1. The Morgan fingerprint density at radius 2 is 1.94 bits per heavy atom. The Labute approximate surface area is 110 Å². The molecule has 0 fully saturated rings. The zero-order chi connectivity index (χ0) is 13.5. The molecule has 0 aromatic carbocycles. The molecule has 3 nitrogen and oxygen atoms in total. The molecule has 4 heteroatoms. The Hall–Kier alpha value is -0.220. The normalized spacial score (nSPS) is 13.8. The van der Waals surface area contributed by atoms with Crippen molar-refractivity contribution in [3.63, 3.8) is 0 Å². The maximum absolute atomic E-state index is 11.7. The smallest absolute Gasteiger partial charge is 0.323 e. The summed E-state index contributed by atoms with van der Waals surface area (Å²) in [5.41, 5.74) is 0. The molecule has 0 radical (unpaired) electrons. The van der Waals surface area contributed by atoms with Gasteiger partial charge in [0.05, 0.1) is 6.61 Å². The predicted molar refractivity (Wildman–Crippen MR) is 75.5 cm³/mol. The number of hydrogen-bond acceptors (Lipinski definition) is 4. The highest BCUT2D eigenvalue weighted by atomic mass is 32.2. The molecule has 0 amide bonds. The van der Waals surface area contributed by atoms with Crippen LogP contribution in [0.2, 0.25) is 0 Å². The maximum Gasteiger partial charge on any atom is 0.323 e. The second-order valence-corrected chi connectivity index (χ2v) is 7.30. The summed E-state index contributed by atoms with van der Waals surface area (Å²) in [6.45, 7) is 12.9. The van der Waals surface area contributed by atoms with Crippen LogP contribution in [0.1, 0.15) is 48.0 Å². The first-order valence-electron chi connectivity index (χ1n) is 6.33. The maximum atomic E-state index is 11.7. The summed E-state index contributed by atoms with van der Waals surface area (Å²) in [4.78, 5) is 11.7. The van der Waals surface area contributed by atoms with Crippen molar-refractivity contribution in [1.29, 1.82) is 0 Å². The fourth-order valence-electron chi connectivity index (χ4n) is 1.40. The van der Waals surface area contributed by atoms with E-state index in [0.717, 1.165) is 12.2 Å². The summed E-state index contributed by atoms with van der Waals surface area (Å²) in [6, 6.07) is 0.119. The van der Waals surface area contributed by atoms with Gasteiger partial charge < -0.3 is 10.1 Å². The summed E-state index contributed by atoms with van der Waals surface area (Å²) in [5, 5.41) is 3.26. The van der Waals surface area contributed by atoms with Gasteiger partial charge in [-0.15, -0.1) is 0 Å². The standard InChI is InChI=1S/C13H27NO2S/c1-7-16-12(15)11(14-10(2)3)8-9-17-13(4,5)6/h10-11,14H,7-9H2,1-6H3. The summed E-state index contributed by atoms with van der Waals surface area (Å²) in [6.07, 6.45) is 0.818. The molecule has 0 aliphatic carbocycles. The minimum absolute atomic E-state index is 0.129. The fourth-order valence-corrected chi connectivity index (χ4v) is 2.36. The van der Waals surface area contributed by atoms with Gasteiger partial charge in [-0.25, -0.2) is 0 Å². The van der Waals surface area contributed by atoms with Crippen LogP contribution in [-0.2, 0) is 9.53 Å². The van der Waals surface area contributed by atoms with Crippen LogP contribution < -0.4 is 5.32 Å². The first kappa shape index (κ1) is 16.8. The van der Waals surface area contributed by atoms with Crippen molar-refractivity contribution in [2.75, 3.05) is 12.4 Å². The number of nitrogens with one attached hydrogen (secondary N) is 1. The van der Waals surface area contributed by atoms with Crippen LogP contribution in [0.3, 0.4) is 0 Å². The van der Waals surface area contributed by atoms with Gasteiger partial charge in [-0.1, -0.05) is 34.6 Å². The van der Waals surface area contributed by atoms with E-state index < -0.39 is 0 Å². The van der Waals surface area contributed by atoms with Crippen molar-refractivity contribution in [3.8, 4) is 0 Å². The molecule has 17 heavy (non-hydrogen) atoms. The largest absolute Gasteiger partial charge is 0.465 e. The topological polar surface area (TPSA) is 38.3 Å². The molecular weight excluding hydrogens is 234 g/mol. The highest BCUT2D eigenvalue weighted by Crippen LogP contribution is 2.24. The predicted octanol–water partition coefficient (Wildman–Crippen LogP) is 2.84. The van der Waals surface area contributed by atoms with Crippen LogP contribution in [-0.4, -0.2) is 35.2 Å². The molecule has 0 spiro atoms. The first-order valence-corrected chi connectivity index (χ1v) is 7.31. The van der Waals surface area contributed by atoms with Gasteiger partial charge in [0.15, 0.2) is 0 Å². The molecule has 0 aromatic heterocycles. The summed E-state index contributed by atoms with van der Waals surface area (Å²) in [5.74, 6) is 0.836. The lowest BCUT2D eigenvalue weighted by atomic mass is 10.2. The van der Waals surface area contributed by atoms with E-state index in [0.29, 0.717) is 12.6 Å². The zero-order valence-corrected chi connectivity index (χ0v) is 12.8. The number of thioether (sulfide) groups is 1. The highest BCUT2D eigenvalue weighted by molar-refractivity contribution is 8.00. The van der Waals surface area contributed by atoms with E-state index in [1.807, 2.05) is 32.5 Å². The van der Waals surface area contributed by atoms with Crippen molar-refractivity contribution >= 4 is 17.7 Å². The molecule has 0 heterocycles. The van der Waals surface area contributed by atoms with Gasteiger partial charge in [-0.3, -0.25) is 4.79 Å². The fraction of sp³-hybridized carbons (Fsp3) is 0.923. The van der Waals surface area contributed by atoms with Gasteiger partial charge in [-0.05, 0) is 19.1 Å². The van der Waals surface area contributed by atoms with E-state index in [1.165, 1.54) is 0 Å². The molecule has 0 aliphatic rings. The Balaban J connectivity index is 4.15. The van der Waals surface area contributed by atoms with Crippen molar-refractivity contribution < 1.29 is 9.53 Å². The van der Waals surface area contributed by atoms with Crippen LogP contribution in [0.25, 0.3) is 0 Å². The van der Waals surface area contributed by atoms with E-state index in [2.05, 4.69) is 26.1 Å². The van der Waals surface area contributed by atoms with E-state index in [4.69, 9.17) is 4.74 Å². The Bertz CT molecular complexity index is 224. The summed E-state index contributed by atoms with van der Waals surface area (Å²) >= 11 is 1.88. The van der Waals surface area contributed by atoms with E-state index in [-0.39, 0.29) is 16.8 Å². The zero-order valence-electron chi connectivity index (χ0n) is 12.0. The number of hydrogen-bond donors (Lipinski definition) is 1. The molecule has 0 saturated heterocycles. The molecule has 0 saturated carbocycles. The van der Waals surface area contributed by atoms with E-state index >= 15 is 0 Å². The second kappa shape index (κ2) is 7.98. The van der Waals surface area contributed by atoms with Gasteiger partial charge in [0, 0.05) is 10.8 Å². The highest BCUT2D eigenvalue weighted by Gasteiger charge is 2.21. The number of esters is 1. The quantitative estimate of drug-likeness (QED) is 0.715. The van der Waals surface area contributed by atoms with Crippen LogP contribution in [0, 0.1) is 0 Å². The molecule has 1 N–H and O–H groups in total. The van der Waals surface area contributed by atoms with Crippen molar-refractivity contribution in [1.82, 2.24) is 5.32 Å². The number of carbonyl (C=O) groups excluding carboxylic acids is 1. The number of rotatable bonds is 7. The molecule has 1 atom stereocenters. The Kier molecular flexibility index (Phi) is 7.88. The average Bonchev–Trinajstić information content (AvgIpc) is 2.14. The third kappa shape index (κ3) is 9.48. The van der Waals surface area contributed by atoms with Gasteiger partial charge in [0.2, 0.25) is 0 Å². The van der Waals surface area contributed by atoms with Crippen LogP contribution in [0.5, 0.6) is 0 Å². The van der Waals surface area contributed by atoms with Gasteiger partial charge in [0.1, 0.15) is 6.04 Å². The minimum atomic E-state index is -0.176. The van der Waals surface area contributed by atoms with Crippen LogP contribution in [0.15, 0.2) is 0 Å². The number of carbonyl (C=O) groups is 1. The SMILES string of the molecule is CCOC(=O)C(CCSC(C)(C)C)NC(C)C. The minimum Gasteiger partial charge on any atom is -0.465 e. The van der Waals surface area contributed by atoms with Gasteiger partial charge >= 0.3 is 5.97 Å². The van der Waals surface area contributed by atoms with E-state index in [1.54, 1.807) is 0 Å². The summed E-state index contributed by atoms with van der Waals surface area (Å²) < 4.78 is 5.32. The lowest BCUT2D eigenvalue weighted by molar-refractivity contribution is -0.145. The lowest BCUT2D eigenvalue weighted by Crippen LogP contribution is -2.42. The first-order chi connectivity index (χ1) is 7.76. The second-order valence-electron chi connectivity index (χ2n) is 5.38. The molecule has 102 valence electrons. The molecule has 0 bridgehead atoms. The molecule has 0 aliphatic heterocycles. The van der Waals surface area contributed by atoms with Crippen molar-refractivity contribution in [2.45, 2.75) is 64.8 Å². The molecule has 0 aromatic rings. The lowest BCUT2D eigenvalue weighted by Gasteiger charge is -2.22.